The largest absolute Gasteiger partial charge is 0.495 e. The van der Waals surface area contributed by atoms with E-state index in [2.05, 4.69) is 0 Å². The Kier molecular flexibility index (Phi) is 3.98. The Bertz CT molecular complexity index is 665. The van der Waals surface area contributed by atoms with Crippen LogP contribution in [0.4, 0.5) is 0 Å². The van der Waals surface area contributed by atoms with E-state index in [1.165, 1.54) is 7.11 Å². The van der Waals surface area contributed by atoms with Crippen LogP contribution in [-0.4, -0.2) is 67.1 Å². The molecule has 2 aliphatic heterocycles. The zero-order valence-electron chi connectivity index (χ0n) is 13.1. The Balaban J connectivity index is 1.83. The van der Waals surface area contributed by atoms with Gasteiger partial charge in [0.1, 0.15) is 11.2 Å². The molecular weight excluding hydrogens is 320 g/mol. The van der Waals surface area contributed by atoms with E-state index in [0.717, 1.165) is 0 Å². The Morgan fingerprint density at radius 3 is 2.65 bits per heavy atom. The number of hydrogen-bond acceptors (Lipinski definition) is 4. The van der Waals surface area contributed by atoms with Gasteiger partial charge in [0.05, 0.1) is 12.1 Å². The fourth-order valence-corrected chi connectivity index (χ4v) is 4.01. The van der Waals surface area contributed by atoms with Crippen LogP contribution in [0.2, 0.25) is 5.02 Å². The third-order valence-electron chi connectivity index (χ3n) is 4.89. The number of carboxylic acid groups (broad SMARTS) is 1. The molecule has 1 aromatic carbocycles. The van der Waals surface area contributed by atoms with Crippen molar-refractivity contribution in [3.8, 4) is 5.75 Å². The van der Waals surface area contributed by atoms with Gasteiger partial charge in [0.2, 0.25) is 0 Å². The maximum absolute atomic E-state index is 12.7. The second-order valence-corrected chi connectivity index (χ2v) is 6.80. The monoisotopic (exact) mass is 338 g/mol. The average Bonchev–Trinajstić information content (AvgIpc) is 3.00. The molecule has 2 atom stereocenters. The van der Waals surface area contributed by atoms with E-state index in [1.54, 1.807) is 23.1 Å². The van der Waals surface area contributed by atoms with Crippen LogP contribution < -0.4 is 4.74 Å². The molecule has 124 valence electrons. The smallest absolute Gasteiger partial charge is 0.313 e. The molecule has 2 fully saturated rings. The summed E-state index contributed by atoms with van der Waals surface area (Å²) in [6.07, 6.45) is 0. The first-order valence-corrected chi connectivity index (χ1v) is 7.80. The molecule has 1 N–H and O–H groups in total. The molecule has 2 saturated heterocycles. The Morgan fingerprint density at radius 2 is 2.09 bits per heavy atom. The number of nitrogens with zero attached hydrogens (tertiary/aromatic N) is 2. The van der Waals surface area contributed by atoms with Crippen molar-refractivity contribution in [1.29, 1.82) is 0 Å². The van der Waals surface area contributed by atoms with Crippen LogP contribution in [0.25, 0.3) is 0 Å². The number of hydrogen-bond donors (Lipinski definition) is 1. The van der Waals surface area contributed by atoms with E-state index in [0.29, 0.717) is 36.0 Å². The maximum Gasteiger partial charge on any atom is 0.313 e. The summed E-state index contributed by atoms with van der Waals surface area (Å²) in [5.41, 5.74) is -0.412. The summed E-state index contributed by atoms with van der Waals surface area (Å²) in [5, 5.41) is 10.0. The molecule has 2 aliphatic rings. The first-order valence-electron chi connectivity index (χ1n) is 7.42. The summed E-state index contributed by atoms with van der Waals surface area (Å²) < 4.78 is 5.09. The van der Waals surface area contributed by atoms with Gasteiger partial charge in [0.15, 0.2) is 0 Å². The van der Waals surface area contributed by atoms with Crippen LogP contribution in [0.5, 0.6) is 5.75 Å². The van der Waals surface area contributed by atoms with Crippen molar-refractivity contribution in [1.82, 2.24) is 9.80 Å². The molecule has 0 radical (unpaired) electrons. The van der Waals surface area contributed by atoms with Crippen LogP contribution in [0, 0.1) is 11.3 Å². The molecule has 2 heterocycles. The summed E-state index contributed by atoms with van der Waals surface area (Å²) in [7, 11) is 3.43. The number of fused-ring (bicyclic) bond motifs is 1. The molecule has 0 spiro atoms. The number of halogens is 1. The second kappa shape index (κ2) is 5.69. The van der Waals surface area contributed by atoms with Gasteiger partial charge in [-0.3, -0.25) is 9.59 Å². The molecule has 0 unspecified atom stereocenters. The minimum atomic E-state index is -0.860. The number of carbonyl (C=O) groups is 2. The first-order chi connectivity index (χ1) is 10.9. The van der Waals surface area contributed by atoms with Gasteiger partial charge in [-0.15, -0.1) is 0 Å². The maximum atomic E-state index is 12.7. The van der Waals surface area contributed by atoms with Crippen molar-refractivity contribution in [3.63, 3.8) is 0 Å². The molecule has 1 aromatic rings. The van der Waals surface area contributed by atoms with E-state index in [1.807, 2.05) is 11.9 Å². The van der Waals surface area contributed by atoms with Gasteiger partial charge in [0, 0.05) is 37.7 Å². The number of amides is 1. The van der Waals surface area contributed by atoms with Gasteiger partial charge >= 0.3 is 5.97 Å². The summed E-state index contributed by atoms with van der Waals surface area (Å²) in [6.45, 7) is 1.86. The third kappa shape index (κ3) is 2.56. The summed E-state index contributed by atoms with van der Waals surface area (Å²) in [5.74, 6) is -0.546. The highest BCUT2D eigenvalue weighted by Crippen LogP contribution is 2.42. The normalized spacial score (nSPS) is 27.1. The molecule has 0 saturated carbocycles. The minimum Gasteiger partial charge on any atom is -0.495 e. The number of carbonyl (C=O) groups excluding carboxylic acids is 1. The van der Waals surface area contributed by atoms with Crippen molar-refractivity contribution in [2.45, 2.75) is 0 Å². The lowest BCUT2D eigenvalue weighted by Gasteiger charge is -2.24. The molecule has 7 heteroatoms. The summed E-state index contributed by atoms with van der Waals surface area (Å²) in [6, 6.07) is 4.87. The lowest BCUT2D eigenvalue weighted by Crippen LogP contribution is -2.41. The number of carboxylic acids is 1. The van der Waals surface area contributed by atoms with Crippen molar-refractivity contribution in [3.05, 3.63) is 28.8 Å². The number of likely N-dealkylation sites (tertiary alicyclic amines) is 2. The molecule has 0 aliphatic carbocycles. The fraction of sp³-hybridized carbons (Fsp3) is 0.500. The topological polar surface area (TPSA) is 70.1 Å². The minimum absolute atomic E-state index is 0.0392. The highest BCUT2D eigenvalue weighted by Gasteiger charge is 2.57. The molecule has 1 amide bonds. The predicted molar refractivity (Wildman–Crippen MR) is 85.0 cm³/mol. The Hall–Kier alpha value is -1.79. The lowest BCUT2D eigenvalue weighted by atomic mass is 9.81. The van der Waals surface area contributed by atoms with Crippen LogP contribution in [0.1, 0.15) is 10.4 Å². The zero-order chi connectivity index (χ0) is 16.8. The second-order valence-electron chi connectivity index (χ2n) is 6.39. The number of ether oxygens (including phenoxy) is 1. The number of methoxy groups -OCH3 is 1. The Morgan fingerprint density at radius 1 is 1.35 bits per heavy atom. The summed E-state index contributed by atoms with van der Waals surface area (Å²) in [4.78, 5) is 28.1. The van der Waals surface area contributed by atoms with E-state index in [-0.39, 0.29) is 18.4 Å². The molecule has 23 heavy (non-hydrogen) atoms. The van der Waals surface area contributed by atoms with Gasteiger partial charge in [-0.05, 0) is 25.2 Å². The van der Waals surface area contributed by atoms with Gasteiger partial charge in [-0.2, -0.15) is 0 Å². The van der Waals surface area contributed by atoms with Gasteiger partial charge in [0.25, 0.3) is 5.91 Å². The van der Waals surface area contributed by atoms with Gasteiger partial charge < -0.3 is 19.6 Å². The predicted octanol–water partition coefficient (Wildman–Crippen LogP) is 1.44. The van der Waals surface area contributed by atoms with Crippen LogP contribution in [0.15, 0.2) is 18.2 Å². The Labute approximate surface area is 139 Å². The standard InChI is InChI=1S/C16H19ClN2O4/c1-18-6-11-7-19(9-16(11,8-18)15(21)22)14(20)10-3-4-13(23-2)12(17)5-10/h3-5,11H,6-9H2,1-2H3,(H,21,22)/t11-,16-/m1/s1. The van der Waals surface area contributed by atoms with E-state index in [4.69, 9.17) is 16.3 Å². The van der Waals surface area contributed by atoms with E-state index < -0.39 is 11.4 Å². The lowest BCUT2D eigenvalue weighted by molar-refractivity contribution is -0.148. The number of rotatable bonds is 3. The van der Waals surface area contributed by atoms with E-state index in [9.17, 15) is 14.7 Å². The average molecular weight is 339 g/mol. The van der Waals surface area contributed by atoms with Crippen LogP contribution >= 0.6 is 11.6 Å². The molecule has 0 bridgehead atoms. The molecule has 6 nitrogen and oxygen atoms in total. The first kappa shape index (κ1) is 16.1. The molecule has 0 aromatic heterocycles. The van der Waals surface area contributed by atoms with Gasteiger partial charge in [-0.25, -0.2) is 0 Å². The van der Waals surface area contributed by atoms with Crippen molar-refractivity contribution in [2.24, 2.45) is 11.3 Å². The summed E-state index contributed by atoms with van der Waals surface area (Å²) >= 11 is 6.08. The van der Waals surface area contributed by atoms with Crippen molar-refractivity contribution < 1.29 is 19.4 Å². The quantitative estimate of drug-likeness (QED) is 0.903. The van der Waals surface area contributed by atoms with E-state index >= 15 is 0 Å². The van der Waals surface area contributed by atoms with Crippen LogP contribution in [-0.2, 0) is 4.79 Å². The zero-order valence-corrected chi connectivity index (χ0v) is 13.8. The molecular formula is C16H19ClN2O4. The number of benzene rings is 1. The molecule has 3 rings (SSSR count). The highest BCUT2D eigenvalue weighted by atomic mass is 35.5. The third-order valence-corrected chi connectivity index (χ3v) is 5.19. The van der Waals surface area contributed by atoms with Gasteiger partial charge in [-0.1, -0.05) is 11.6 Å². The highest BCUT2D eigenvalue weighted by molar-refractivity contribution is 6.32. The number of aliphatic carboxylic acids is 1. The fourth-order valence-electron chi connectivity index (χ4n) is 3.76. The SMILES string of the molecule is COc1ccc(C(=O)N2C[C@H]3CN(C)C[C@@]3(C(=O)O)C2)cc1Cl. The van der Waals surface area contributed by atoms with Crippen molar-refractivity contribution >= 4 is 23.5 Å². The van der Waals surface area contributed by atoms with Crippen LogP contribution in [0.3, 0.4) is 0 Å². The van der Waals surface area contributed by atoms with Crippen molar-refractivity contribution in [2.75, 3.05) is 40.3 Å².